The zero-order valence-corrected chi connectivity index (χ0v) is 15.4. The zero-order valence-electron chi connectivity index (χ0n) is 15.4. The second-order valence-electron chi connectivity index (χ2n) is 7.35. The van der Waals surface area contributed by atoms with Crippen LogP contribution in [0.25, 0.3) is 22.0 Å². The summed E-state index contributed by atoms with van der Waals surface area (Å²) in [4.78, 5) is 23.6. The molecule has 3 aromatic rings. The summed E-state index contributed by atoms with van der Waals surface area (Å²) in [6.07, 6.45) is 7.91. The third-order valence-electron chi connectivity index (χ3n) is 5.42. The van der Waals surface area contributed by atoms with E-state index in [-0.39, 0.29) is 5.92 Å². The molecule has 0 atom stereocenters. The van der Waals surface area contributed by atoms with Crippen LogP contribution in [0.15, 0.2) is 43.0 Å². The molecule has 1 fully saturated rings. The quantitative estimate of drug-likeness (QED) is 0.727. The Labute approximate surface area is 153 Å². The molecule has 134 valence electrons. The van der Waals surface area contributed by atoms with Crippen LogP contribution < -0.4 is 0 Å². The number of pyridine rings is 1. The third-order valence-corrected chi connectivity index (χ3v) is 5.42. The number of rotatable bonds is 4. The molecular formula is C21H24N4O. The molecule has 2 aromatic heterocycles. The summed E-state index contributed by atoms with van der Waals surface area (Å²) in [5.41, 5.74) is 3.06. The van der Waals surface area contributed by atoms with E-state index in [0.717, 1.165) is 53.7 Å². The van der Waals surface area contributed by atoms with Crippen LogP contribution in [-0.2, 0) is 18.3 Å². The van der Waals surface area contributed by atoms with Crippen LogP contribution in [0.5, 0.6) is 0 Å². The largest absolute Gasteiger partial charge is 0.334 e. The highest BCUT2D eigenvalue weighted by molar-refractivity contribution is 5.88. The van der Waals surface area contributed by atoms with E-state index in [0.29, 0.717) is 12.2 Å². The number of hydrogen-bond donors (Lipinski definition) is 0. The topological polar surface area (TPSA) is 51.0 Å². The predicted molar refractivity (Wildman–Crippen MR) is 103 cm³/mol. The number of aromatic nitrogens is 3. The fourth-order valence-corrected chi connectivity index (χ4v) is 3.73. The molecule has 0 N–H and O–H groups in total. The van der Waals surface area contributed by atoms with Gasteiger partial charge < -0.3 is 9.47 Å². The molecule has 1 aliphatic heterocycles. The Morgan fingerprint density at radius 2 is 1.92 bits per heavy atom. The zero-order chi connectivity index (χ0) is 18.1. The van der Waals surface area contributed by atoms with E-state index in [1.165, 1.54) is 0 Å². The van der Waals surface area contributed by atoms with Gasteiger partial charge in [0.2, 0.25) is 0 Å². The van der Waals surface area contributed by atoms with Crippen molar-refractivity contribution in [1.29, 1.82) is 0 Å². The van der Waals surface area contributed by atoms with Crippen LogP contribution in [0, 0.1) is 5.92 Å². The minimum absolute atomic E-state index is 0.185. The standard InChI is InChI=1S/C21H24N4O/c1-24-7-5-15(6-8-24)21(26)11-19-10-18-9-16(3-4-17(18)12-23-19)20-13-22-14-25(20)2/h3-4,9-10,12-15H,5-8,11H2,1-2H3. The first kappa shape index (κ1) is 16.9. The molecule has 0 saturated carbocycles. The maximum Gasteiger partial charge on any atom is 0.142 e. The minimum atomic E-state index is 0.185. The van der Waals surface area contributed by atoms with Gasteiger partial charge in [-0.3, -0.25) is 9.78 Å². The highest BCUT2D eigenvalue weighted by atomic mass is 16.1. The van der Waals surface area contributed by atoms with Crippen molar-refractivity contribution < 1.29 is 4.79 Å². The Morgan fingerprint density at radius 3 is 2.65 bits per heavy atom. The summed E-state index contributed by atoms with van der Waals surface area (Å²) in [6.45, 7) is 2.02. The summed E-state index contributed by atoms with van der Waals surface area (Å²) in [5.74, 6) is 0.511. The lowest BCUT2D eigenvalue weighted by molar-refractivity contribution is -0.123. The Hall–Kier alpha value is -2.53. The molecular weight excluding hydrogens is 324 g/mol. The first-order valence-electron chi connectivity index (χ1n) is 9.17. The van der Waals surface area contributed by atoms with Crippen molar-refractivity contribution in [2.45, 2.75) is 19.3 Å². The van der Waals surface area contributed by atoms with Gasteiger partial charge in [-0.1, -0.05) is 12.1 Å². The molecule has 0 spiro atoms. The number of piperidine rings is 1. The molecule has 5 heteroatoms. The van der Waals surface area contributed by atoms with E-state index in [9.17, 15) is 4.79 Å². The van der Waals surface area contributed by atoms with Gasteiger partial charge in [-0.15, -0.1) is 0 Å². The molecule has 5 nitrogen and oxygen atoms in total. The van der Waals surface area contributed by atoms with E-state index in [1.807, 2.05) is 24.0 Å². The Morgan fingerprint density at radius 1 is 1.12 bits per heavy atom. The highest BCUT2D eigenvalue weighted by Gasteiger charge is 2.23. The summed E-state index contributed by atoms with van der Waals surface area (Å²) in [5, 5.41) is 2.20. The van der Waals surface area contributed by atoms with Crippen LogP contribution in [0.1, 0.15) is 18.5 Å². The van der Waals surface area contributed by atoms with Gasteiger partial charge in [0, 0.05) is 42.2 Å². The normalized spacial score (nSPS) is 16.2. The van der Waals surface area contributed by atoms with E-state index in [1.54, 1.807) is 6.33 Å². The lowest BCUT2D eigenvalue weighted by atomic mass is 9.90. The molecule has 0 amide bonds. The van der Waals surface area contributed by atoms with Gasteiger partial charge in [-0.25, -0.2) is 4.98 Å². The van der Waals surface area contributed by atoms with Crippen LogP contribution >= 0.6 is 0 Å². The van der Waals surface area contributed by atoms with Crippen molar-refractivity contribution in [3.63, 3.8) is 0 Å². The Kier molecular flexibility index (Phi) is 4.55. The van der Waals surface area contributed by atoms with Crippen LogP contribution in [-0.4, -0.2) is 45.4 Å². The first-order chi connectivity index (χ1) is 12.6. The number of likely N-dealkylation sites (tertiary alicyclic amines) is 1. The Bertz CT molecular complexity index is 938. The molecule has 0 bridgehead atoms. The number of imidazole rings is 1. The van der Waals surface area contributed by atoms with E-state index in [2.05, 4.69) is 46.2 Å². The van der Waals surface area contributed by atoms with Crippen molar-refractivity contribution in [2.24, 2.45) is 13.0 Å². The number of aryl methyl sites for hydroxylation is 1. The number of benzene rings is 1. The number of Topliss-reactive ketones (excluding diaryl/α,β-unsaturated/α-hetero) is 1. The summed E-state index contributed by atoms with van der Waals surface area (Å²) in [7, 11) is 4.11. The fourth-order valence-electron chi connectivity index (χ4n) is 3.73. The average molecular weight is 348 g/mol. The smallest absolute Gasteiger partial charge is 0.142 e. The number of nitrogens with zero attached hydrogens (tertiary/aromatic N) is 4. The van der Waals surface area contributed by atoms with Crippen molar-refractivity contribution in [2.75, 3.05) is 20.1 Å². The SMILES string of the molecule is CN1CCC(C(=O)Cc2cc3cc(-c4cncn4C)ccc3cn2)CC1. The fraction of sp³-hybridized carbons (Fsp3) is 0.381. The van der Waals surface area contributed by atoms with Crippen LogP contribution in [0.4, 0.5) is 0 Å². The van der Waals surface area contributed by atoms with Crippen molar-refractivity contribution in [3.8, 4) is 11.3 Å². The van der Waals surface area contributed by atoms with Crippen LogP contribution in [0.3, 0.4) is 0 Å². The summed E-state index contributed by atoms with van der Waals surface area (Å²) >= 11 is 0. The molecule has 0 radical (unpaired) electrons. The van der Waals surface area contributed by atoms with Crippen molar-refractivity contribution in [3.05, 3.63) is 48.7 Å². The average Bonchev–Trinajstić information content (AvgIpc) is 3.07. The van der Waals surface area contributed by atoms with Gasteiger partial charge in [0.15, 0.2) is 0 Å². The number of hydrogen-bond acceptors (Lipinski definition) is 4. The predicted octanol–water partition coefficient (Wildman–Crippen LogP) is 3.09. The van der Waals surface area contributed by atoms with Crippen molar-refractivity contribution in [1.82, 2.24) is 19.4 Å². The van der Waals surface area contributed by atoms with Gasteiger partial charge in [0.1, 0.15) is 5.78 Å². The van der Waals surface area contributed by atoms with Gasteiger partial charge in [0.05, 0.1) is 18.2 Å². The molecule has 1 aliphatic rings. The van der Waals surface area contributed by atoms with Gasteiger partial charge in [-0.2, -0.15) is 0 Å². The van der Waals surface area contributed by atoms with Crippen molar-refractivity contribution >= 4 is 16.6 Å². The minimum Gasteiger partial charge on any atom is -0.334 e. The Balaban J connectivity index is 1.56. The molecule has 26 heavy (non-hydrogen) atoms. The molecule has 1 saturated heterocycles. The van der Waals surface area contributed by atoms with E-state index in [4.69, 9.17) is 0 Å². The second-order valence-corrected chi connectivity index (χ2v) is 7.35. The molecule has 0 unspecified atom stereocenters. The van der Waals surface area contributed by atoms with Gasteiger partial charge >= 0.3 is 0 Å². The van der Waals surface area contributed by atoms with E-state index < -0.39 is 0 Å². The molecule has 1 aromatic carbocycles. The maximum atomic E-state index is 12.6. The molecule has 3 heterocycles. The lowest BCUT2D eigenvalue weighted by Gasteiger charge is -2.27. The van der Waals surface area contributed by atoms with E-state index >= 15 is 0 Å². The molecule has 0 aliphatic carbocycles. The number of carbonyl (C=O) groups is 1. The number of ketones is 1. The molecule has 4 rings (SSSR count). The number of fused-ring (bicyclic) bond motifs is 1. The second kappa shape index (κ2) is 7.00. The highest BCUT2D eigenvalue weighted by Crippen LogP contribution is 2.25. The van der Waals surface area contributed by atoms with Gasteiger partial charge in [0.25, 0.3) is 0 Å². The first-order valence-corrected chi connectivity index (χ1v) is 9.17. The lowest BCUT2D eigenvalue weighted by Crippen LogP contribution is -2.34. The summed E-state index contributed by atoms with van der Waals surface area (Å²) < 4.78 is 2.01. The summed E-state index contributed by atoms with van der Waals surface area (Å²) in [6, 6.07) is 8.37. The maximum absolute atomic E-state index is 12.6. The van der Waals surface area contributed by atoms with Gasteiger partial charge in [-0.05, 0) is 50.5 Å². The van der Waals surface area contributed by atoms with Crippen LogP contribution in [0.2, 0.25) is 0 Å². The monoisotopic (exact) mass is 348 g/mol. The number of carbonyl (C=O) groups excluding carboxylic acids is 1. The third kappa shape index (κ3) is 3.40.